The second kappa shape index (κ2) is 8.06. The fraction of sp³-hybridized carbons (Fsp3) is 0.826. The number of aromatic nitrogens is 3. The summed E-state index contributed by atoms with van der Waals surface area (Å²) < 4.78 is 7.84. The van der Waals surface area contributed by atoms with Gasteiger partial charge in [0.1, 0.15) is 24.5 Å². The lowest BCUT2D eigenvalue weighted by molar-refractivity contribution is -0.177. The van der Waals surface area contributed by atoms with Crippen molar-refractivity contribution in [2.45, 2.75) is 90.9 Å². The molecule has 3 aliphatic carbocycles. The van der Waals surface area contributed by atoms with Crippen LogP contribution < -0.4 is 0 Å². The number of fused-ring (bicyclic) bond motifs is 1. The molecule has 3 saturated carbocycles. The van der Waals surface area contributed by atoms with Crippen molar-refractivity contribution >= 4 is 11.8 Å². The molecule has 0 amide bonds. The van der Waals surface area contributed by atoms with Crippen LogP contribution in [0.1, 0.15) is 72.1 Å². The van der Waals surface area contributed by atoms with Crippen LogP contribution in [0.2, 0.25) is 0 Å². The predicted octanol–water partition coefficient (Wildman–Crippen LogP) is 3.16. The third-order valence-corrected chi connectivity index (χ3v) is 8.73. The number of nitrogens with zero attached hydrogens (tertiary/aromatic N) is 3. The van der Waals surface area contributed by atoms with E-state index in [0.29, 0.717) is 18.1 Å². The summed E-state index contributed by atoms with van der Waals surface area (Å²) in [6.45, 7) is 6.65. The van der Waals surface area contributed by atoms with Gasteiger partial charge in [0.25, 0.3) is 0 Å². The Labute approximate surface area is 178 Å². The molecule has 0 unspecified atom stereocenters. The minimum Gasteiger partial charge on any atom is -0.462 e. The molecule has 1 aromatic heterocycles. The second-order valence-electron chi connectivity index (χ2n) is 10.3. The molecule has 1 aromatic rings. The SMILES string of the molecule is CC(=O)O[C@@H]1[C@H]([C@@]2(C)CC[C@H](O)C[C@@H]2CCn2cncn2)CC[C@]2(C)C(=O)CC[C@H]12. The molecule has 0 radical (unpaired) electrons. The second-order valence-corrected chi connectivity index (χ2v) is 10.3. The number of Topliss-reactive ketones (excluding diaryl/α,β-unsaturated/α-hetero) is 1. The molecular formula is C23H35N3O4. The monoisotopic (exact) mass is 417 g/mol. The molecule has 7 heteroatoms. The Bertz CT molecular complexity index is 781. The Balaban J connectivity index is 1.61. The quantitative estimate of drug-likeness (QED) is 0.740. The van der Waals surface area contributed by atoms with E-state index in [1.54, 1.807) is 12.7 Å². The molecule has 7 nitrogen and oxygen atoms in total. The zero-order chi connectivity index (χ0) is 21.5. The molecule has 30 heavy (non-hydrogen) atoms. The molecule has 0 bridgehead atoms. The Morgan fingerprint density at radius 2 is 2.07 bits per heavy atom. The summed E-state index contributed by atoms with van der Waals surface area (Å²) in [5.41, 5.74) is -0.412. The third kappa shape index (κ3) is 3.70. The minimum atomic E-state index is -0.364. The van der Waals surface area contributed by atoms with Crippen molar-refractivity contribution in [3.63, 3.8) is 0 Å². The fourth-order valence-electron chi connectivity index (χ4n) is 6.88. The van der Waals surface area contributed by atoms with Crippen LogP contribution in [-0.4, -0.2) is 43.8 Å². The average Bonchev–Trinajstić information content (AvgIpc) is 3.31. The highest BCUT2D eigenvalue weighted by molar-refractivity contribution is 5.87. The zero-order valence-corrected chi connectivity index (χ0v) is 18.4. The highest BCUT2D eigenvalue weighted by Crippen LogP contribution is 2.60. The largest absolute Gasteiger partial charge is 0.462 e. The third-order valence-electron chi connectivity index (χ3n) is 8.73. The van der Waals surface area contributed by atoms with Gasteiger partial charge in [-0.15, -0.1) is 0 Å². The number of hydrogen-bond acceptors (Lipinski definition) is 6. The van der Waals surface area contributed by atoms with Crippen LogP contribution in [0.25, 0.3) is 0 Å². The smallest absolute Gasteiger partial charge is 0.302 e. The van der Waals surface area contributed by atoms with E-state index in [9.17, 15) is 14.7 Å². The van der Waals surface area contributed by atoms with E-state index in [-0.39, 0.29) is 40.8 Å². The molecule has 3 fully saturated rings. The maximum absolute atomic E-state index is 12.7. The fourth-order valence-corrected chi connectivity index (χ4v) is 6.88. The number of carbonyl (C=O) groups excluding carboxylic acids is 2. The summed E-state index contributed by atoms with van der Waals surface area (Å²) in [6, 6.07) is 0. The van der Waals surface area contributed by atoms with Gasteiger partial charge < -0.3 is 9.84 Å². The number of carbonyl (C=O) groups is 2. The summed E-state index contributed by atoms with van der Waals surface area (Å²) in [5, 5.41) is 14.7. The number of aliphatic hydroxyl groups excluding tert-OH is 1. The maximum Gasteiger partial charge on any atom is 0.302 e. The molecule has 7 atom stereocenters. The van der Waals surface area contributed by atoms with E-state index >= 15 is 0 Å². The first-order valence-electron chi connectivity index (χ1n) is 11.4. The first-order chi connectivity index (χ1) is 14.2. The lowest BCUT2D eigenvalue weighted by Crippen LogP contribution is -2.54. The van der Waals surface area contributed by atoms with Crippen molar-refractivity contribution < 1.29 is 19.4 Å². The highest BCUT2D eigenvalue weighted by Gasteiger charge is 2.59. The van der Waals surface area contributed by atoms with Gasteiger partial charge in [-0.2, -0.15) is 5.10 Å². The summed E-state index contributed by atoms with van der Waals surface area (Å²) in [4.78, 5) is 28.8. The van der Waals surface area contributed by atoms with Gasteiger partial charge in [0.05, 0.1) is 6.10 Å². The Kier molecular flexibility index (Phi) is 5.77. The van der Waals surface area contributed by atoms with Crippen LogP contribution in [0.15, 0.2) is 12.7 Å². The van der Waals surface area contributed by atoms with E-state index in [1.165, 1.54) is 6.92 Å². The molecule has 0 aliphatic heterocycles. The highest BCUT2D eigenvalue weighted by atomic mass is 16.5. The first-order valence-corrected chi connectivity index (χ1v) is 11.4. The number of ether oxygens (including phenoxy) is 1. The van der Waals surface area contributed by atoms with Crippen molar-refractivity contribution in [1.82, 2.24) is 14.8 Å². The van der Waals surface area contributed by atoms with Crippen LogP contribution in [0.3, 0.4) is 0 Å². The van der Waals surface area contributed by atoms with Crippen LogP contribution >= 0.6 is 0 Å². The van der Waals surface area contributed by atoms with E-state index in [1.807, 2.05) is 4.68 Å². The Morgan fingerprint density at radius 3 is 2.77 bits per heavy atom. The van der Waals surface area contributed by atoms with Gasteiger partial charge >= 0.3 is 5.97 Å². The molecule has 0 saturated heterocycles. The molecule has 0 aromatic carbocycles. The summed E-state index contributed by atoms with van der Waals surface area (Å²) >= 11 is 0. The number of ketones is 1. The zero-order valence-electron chi connectivity index (χ0n) is 18.4. The predicted molar refractivity (Wildman–Crippen MR) is 110 cm³/mol. The number of esters is 1. The van der Waals surface area contributed by atoms with Gasteiger partial charge in [-0.25, -0.2) is 4.98 Å². The Morgan fingerprint density at radius 1 is 1.27 bits per heavy atom. The van der Waals surface area contributed by atoms with Gasteiger partial charge in [-0.1, -0.05) is 13.8 Å². The van der Waals surface area contributed by atoms with E-state index in [2.05, 4.69) is 23.9 Å². The number of aryl methyl sites for hydroxylation is 1. The van der Waals surface area contributed by atoms with Crippen LogP contribution in [0, 0.1) is 28.6 Å². The topological polar surface area (TPSA) is 94.3 Å². The number of rotatable bonds is 5. The average molecular weight is 418 g/mol. The Hall–Kier alpha value is -1.76. The van der Waals surface area contributed by atoms with Gasteiger partial charge in [-0.3, -0.25) is 14.3 Å². The first kappa shape index (κ1) is 21.5. The summed E-state index contributed by atoms with van der Waals surface area (Å²) in [7, 11) is 0. The van der Waals surface area contributed by atoms with E-state index < -0.39 is 0 Å². The number of aliphatic hydroxyl groups is 1. The van der Waals surface area contributed by atoms with Gasteiger partial charge in [-0.05, 0) is 56.3 Å². The van der Waals surface area contributed by atoms with Gasteiger partial charge in [0.2, 0.25) is 0 Å². The van der Waals surface area contributed by atoms with Crippen molar-refractivity contribution in [2.75, 3.05) is 0 Å². The van der Waals surface area contributed by atoms with E-state index in [4.69, 9.17) is 4.74 Å². The summed E-state index contributed by atoms with van der Waals surface area (Å²) in [6.07, 6.45) is 9.29. The normalized spacial score (nSPS) is 41.5. The molecule has 0 spiro atoms. The molecule has 1 N–H and O–H groups in total. The summed E-state index contributed by atoms with van der Waals surface area (Å²) in [5.74, 6) is 0.683. The molecule has 3 aliphatic rings. The standard InChI is InChI=1S/C23H35N3O4/c1-15(27)30-21-18-4-5-20(29)23(18,3)10-7-19(21)22(2)9-6-17(28)12-16(22)8-11-26-14-24-13-25-26/h13-14,16-19,21,28H,4-12H2,1-3H3/t16-,17-,18+,19+,21-,22-,23-/m0/s1. The van der Waals surface area contributed by atoms with Crippen LogP contribution in [-0.2, 0) is 20.9 Å². The van der Waals surface area contributed by atoms with Crippen molar-refractivity contribution in [3.8, 4) is 0 Å². The van der Waals surface area contributed by atoms with Crippen molar-refractivity contribution in [2.24, 2.45) is 28.6 Å². The van der Waals surface area contributed by atoms with Gasteiger partial charge in [0, 0.05) is 37.1 Å². The maximum atomic E-state index is 12.7. The lowest BCUT2D eigenvalue weighted by atomic mass is 9.51. The molecule has 166 valence electrons. The molecule has 1 heterocycles. The van der Waals surface area contributed by atoms with Gasteiger partial charge in [0.15, 0.2) is 0 Å². The van der Waals surface area contributed by atoms with Crippen molar-refractivity contribution in [1.29, 1.82) is 0 Å². The molecule has 4 rings (SSSR count). The van der Waals surface area contributed by atoms with Crippen LogP contribution in [0.5, 0.6) is 0 Å². The lowest BCUT2D eigenvalue weighted by Gasteiger charge is -2.55. The van der Waals surface area contributed by atoms with E-state index in [0.717, 1.165) is 51.5 Å². The van der Waals surface area contributed by atoms with Crippen LogP contribution in [0.4, 0.5) is 0 Å². The number of hydrogen-bond donors (Lipinski definition) is 1. The molecular weight excluding hydrogens is 382 g/mol. The minimum absolute atomic E-state index is 0.0487. The van der Waals surface area contributed by atoms with Crippen molar-refractivity contribution in [3.05, 3.63) is 12.7 Å².